The van der Waals surface area contributed by atoms with Crippen molar-refractivity contribution in [1.29, 1.82) is 0 Å². The number of ether oxygens (including phenoxy) is 3. The highest BCUT2D eigenvalue weighted by atomic mass is 32.1. The normalized spacial score (nSPS) is 17.3. The molecule has 0 saturated carbocycles. The molecular weight excluding hydrogens is 547 g/mol. The molecule has 1 unspecified atom stereocenters. The fraction of sp³-hybridized carbons (Fsp3) is 0.345. The average Bonchev–Trinajstić information content (AvgIpc) is 3.57. The van der Waals surface area contributed by atoms with E-state index in [0.717, 1.165) is 24.3 Å². The number of likely N-dealkylation sites (N-methyl/N-ethyl adjacent to an activating group) is 1. The van der Waals surface area contributed by atoms with Crippen LogP contribution in [0.5, 0.6) is 17.2 Å². The Morgan fingerprint density at radius 2 is 1.88 bits per heavy atom. The van der Waals surface area contributed by atoms with Gasteiger partial charge in [-0.05, 0) is 38.2 Å². The topological polar surface area (TPSA) is 86.4 Å². The summed E-state index contributed by atoms with van der Waals surface area (Å²) in [6.45, 7) is 5.41. The highest BCUT2D eigenvalue weighted by Gasteiger charge is 2.31. The van der Waals surface area contributed by atoms with E-state index in [2.05, 4.69) is 11.9 Å². The Morgan fingerprint density at radius 1 is 1.10 bits per heavy atom. The lowest BCUT2D eigenvalue weighted by molar-refractivity contribution is 0.245. The first-order chi connectivity index (χ1) is 19.9. The van der Waals surface area contributed by atoms with Crippen molar-refractivity contribution in [2.75, 3.05) is 59.0 Å². The number of halogens is 1. The Bertz CT molecular complexity index is 1870. The number of methoxy groups -OCH3 is 2. The maximum atomic E-state index is 15.8. The minimum absolute atomic E-state index is 0.0683. The lowest BCUT2D eigenvalue weighted by Crippen LogP contribution is -2.45. The summed E-state index contributed by atoms with van der Waals surface area (Å²) in [7, 11) is 5.24. The van der Waals surface area contributed by atoms with Gasteiger partial charge in [0.15, 0.2) is 28.9 Å². The molecule has 2 aromatic carbocycles. The molecule has 12 heteroatoms. The molecule has 0 radical (unpaired) electrons. The van der Waals surface area contributed by atoms with Crippen molar-refractivity contribution in [3.8, 4) is 39.9 Å². The van der Waals surface area contributed by atoms with Crippen molar-refractivity contribution in [3.63, 3.8) is 0 Å². The molecule has 0 spiro atoms. The third-order valence-electron chi connectivity index (χ3n) is 7.96. The van der Waals surface area contributed by atoms with Gasteiger partial charge in [0.05, 0.1) is 42.4 Å². The smallest absolute Gasteiger partial charge is 0.213 e. The van der Waals surface area contributed by atoms with Crippen LogP contribution in [0.3, 0.4) is 0 Å². The predicted octanol–water partition coefficient (Wildman–Crippen LogP) is 4.30. The molecule has 2 aliphatic rings. The summed E-state index contributed by atoms with van der Waals surface area (Å²) in [5, 5.41) is 6.96. The van der Waals surface area contributed by atoms with E-state index in [0.29, 0.717) is 58.7 Å². The van der Waals surface area contributed by atoms with Crippen LogP contribution in [-0.4, -0.2) is 78.1 Å². The second-order valence-corrected chi connectivity index (χ2v) is 11.3. The quantitative estimate of drug-likeness (QED) is 0.306. The maximum Gasteiger partial charge on any atom is 0.213 e. The molecule has 1 saturated heterocycles. The number of anilines is 1. The van der Waals surface area contributed by atoms with Gasteiger partial charge in [-0.25, -0.2) is 8.91 Å². The number of aromatic nitrogens is 4. The van der Waals surface area contributed by atoms with Crippen LogP contribution in [0.1, 0.15) is 13.0 Å². The van der Waals surface area contributed by atoms with Crippen molar-refractivity contribution < 1.29 is 18.6 Å². The fourth-order valence-corrected chi connectivity index (χ4v) is 6.52. The number of piperazine rings is 1. The molecule has 10 nitrogen and oxygen atoms in total. The van der Waals surface area contributed by atoms with Gasteiger partial charge in [0, 0.05) is 43.3 Å². The Morgan fingerprint density at radius 3 is 2.63 bits per heavy atom. The van der Waals surface area contributed by atoms with E-state index < -0.39 is 5.82 Å². The monoisotopic (exact) mass is 576 g/mol. The van der Waals surface area contributed by atoms with E-state index in [1.807, 2.05) is 40.0 Å². The van der Waals surface area contributed by atoms with Gasteiger partial charge in [-0.3, -0.25) is 4.79 Å². The summed E-state index contributed by atoms with van der Waals surface area (Å²) in [5.41, 5.74) is 2.70. The lowest BCUT2D eigenvalue weighted by atomic mass is 10.0. The second kappa shape index (κ2) is 9.74. The molecule has 0 aliphatic carbocycles. The van der Waals surface area contributed by atoms with E-state index in [4.69, 9.17) is 24.3 Å². The molecular formula is C29H29FN6O4S. The first kappa shape index (κ1) is 25.8. The predicted molar refractivity (Wildman–Crippen MR) is 156 cm³/mol. The molecule has 5 aromatic rings. The number of rotatable bonds is 5. The Balaban J connectivity index is 1.37. The van der Waals surface area contributed by atoms with Crippen molar-refractivity contribution in [2.45, 2.75) is 13.0 Å². The highest BCUT2D eigenvalue weighted by molar-refractivity contribution is 7.15. The fourth-order valence-electron chi connectivity index (χ4n) is 5.69. The minimum atomic E-state index is -0.457. The third kappa shape index (κ3) is 4.04. The minimum Gasteiger partial charge on any atom is -0.493 e. The Kier molecular flexibility index (Phi) is 6.12. The zero-order chi connectivity index (χ0) is 28.4. The molecule has 212 valence electrons. The molecule has 41 heavy (non-hydrogen) atoms. The first-order valence-corrected chi connectivity index (χ1v) is 14.3. The summed E-state index contributed by atoms with van der Waals surface area (Å²) in [5.74, 6) is 1.49. The second-order valence-electron chi connectivity index (χ2n) is 10.5. The van der Waals surface area contributed by atoms with Gasteiger partial charge in [-0.1, -0.05) is 0 Å². The van der Waals surface area contributed by atoms with E-state index in [-0.39, 0.29) is 22.7 Å². The van der Waals surface area contributed by atoms with Gasteiger partial charge < -0.3 is 28.6 Å². The zero-order valence-electron chi connectivity index (χ0n) is 23.2. The van der Waals surface area contributed by atoms with Crippen LogP contribution in [0.4, 0.5) is 10.1 Å². The summed E-state index contributed by atoms with van der Waals surface area (Å²) in [4.78, 5) is 23.5. The number of pyridine rings is 1. The third-order valence-corrected chi connectivity index (χ3v) is 8.78. The molecule has 2 aliphatic heterocycles. The molecule has 1 atom stereocenters. The van der Waals surface area contributed by atoms with Crippen LogP contribution in [0.2, 0.25) is 0 Å². The zero-order valence-corrected chi connectivity index (χ0v) is 24.0. The van der Waals surface area contributed by atoms with Gasteiger partial charge in [-0.2, -0.15) is 4.98 Å². The average molecular weight is 577 g/mol. The molecule has 0 amide bonds. The van der Waals surface area contributed by atoms with Crippen molar-refractivity contribution in [2.24, 2.45) is 0 Å². The molecule has 5 heterocycles. The van der Waals surface area contributed by atoms with Crippen LogP contribution in [0.25, 0.3) is 38.5 Å². The summed E-state index contributed by atoms with van der Waals surface area (Å²) in [6, 6.07) is 6.91. The molecule has 3 aromatic heterocycles. The van der Waals surface area contributed by atoms with Crippen LogP contribution >= 0.6 is 11.3 Å². The van der Waals surface area contributed by atoms with E-state index >= 15 is 4.39 Å². The van der Waals surface area contributed by atoms with Crippen molar-refractivity contribution >= 4 is 32.9 Å². The number of hydrogen-bond donors (Lipinski definition) is 0. The molecule has 0 bridgehead atoms. The van der Waals surface area contributed by atoms with E-state index in [1.54, 1.807) is 24.9 Å². The largest absolute Gasteiger partial charge is 0.493 e. The van der Waals surface area contributed by atoms with Crippen LogP contribution < -0.4 is 24.5 Å². The van der Waals surface area contributed by atoms with E-state index in [1.165, 1.54) is 17.4 Å². The number of hydrogen-bond acceptors (Lipinski definition) is 9. The van der Waals surface area contributed by atoms with Gasteiger partial charge in [0.2, 0.25) is 10.4 Å². The van der Waals surface area contributed by atoms with Crippen LogP contribution in [0.15, 0.2) is 40.6 Å². The number of fused-ring (bicyclic) bond motifs is 1. The maximum absolute atomic E-state index is 15.8. The highest BCUT2D eigenvalue weighted by Crippen LogP contribution is 2.43. The number of nitrogens with zero attached hydrogens (tertiary/aromatic N) is 6. The number of benzene rings is 2. The standard InChI is InChI=1S/C29H29FN6O4S/c1-16-14-40-27-24-18(12-20(30)25(27)34-9-7-33(2)8-10-34)26(37)19(13-35(16)24)28-31-29-36(32-28)21(15-41-29)17-5-6-22(38-3)23(11-17)39-4/h5-6,11-13,15-16H,7-10,14H2,1-4H3. The van der Waals surface area contributed by atoms with Crippen molar-refractivity contribution in [3.05, 3.63) is 51.9 Å². The van der Waals surface area contributed by atoms with Gasteiger partial charge in [0.25, 0.3) is 0 Å². The first-order valence-electron chi connectivity index (χ1n) is 13.4. The SMILES string of the molecule is COc1ccc(-c2csc3nc(-c4cn5c6c(c(N7CCN(C)CC7)c(F)cc6c4=O)OCC5C)nn23)cc1OC. The molecule has 1 fully saturated rings. The van der Waals surface area contributed by atoms with E-state index in [9.17, 15) is 4.79 Å². The lowest BCUT2D eigenvalue weighted by Gasteiger charge is -2.37. The Hall–Kier alpha value is -4.16. The Labute approximate surface area is 239 Å². The summed E-state index contributed by atoms with van der Waals surface area (Å²) in [6.07, 6.45) is 1.79. The van der Waals surface area contributed by atoms with Gasteiger partial charge in [-0.15, -0.1) is 16.4 Å². The summed E-state index contributed by atoms with van der Waals surface area (Å²) < 4.78 is 36.5. The van der Waals surface area contributed by atoms with Crippen LogP contribution in [-0.2, 0) is 0 Å². The van der Waals surface area contributed by atoms with Crippen molar-refractivity contribution in [1.82, 2.24) is 24.1 Å². The van der Waals surface area contributed by atoms with Gasteiger partial charge in [0.1, 0.15) is 12.3 Å². The number of thiazole rings is 1. The molecule has 7 rings (SSSR count). The van der Waals surface area contributed by atoms with Crippen LogP contribution in [0, 0.1) is 5.82 Å². The van der Waals surface area contributed by atoms with Gasteiger partial charge >= 0.3 is 0 Å². The molecule has 0 N–H and O–H groups in total. The summed E-state index contributed by atoms with van der Waals surface area (Å²) >= 11 is 1.42.